The summed E-state index contributed by atoms with van der Waals surface area (Å²) in [5.41, 5.74) is 0.451. The molecule has 0 saturated carbocycles. The van der Waals surface area contributed by atoms with Crippen LogP contribution < -0.4 is 5.32 Å². The molecule has 0 unspecified atom stereocenters. The number of carbonyl (C=O) groups is 1. The first-order valence-corrected chi connectivity index (χ1v) is 5.01. The van der Waals surface area contributed by atoms with Crippen LogP contribution in [0.1, 0.15) is 10.4 Å². The van der Waals surface area contributed by atoms with Crippen LogP contribution in [0.3, 0.4) is 0 Å². The van der Waals surface area contributed by atoms with E-state index in [1.807, 2.05) is 0 Å². The molecule has 0 aliphatic carbocycles. The van der Waals surface area contributed by atoms with Crippen LogP contribution in [0.2, 0.25) is 0 Å². The van der Waals surface area contributed by atoms with Crippen LogP contribution in [0.25, 0.3) is 0 Å². The molecule has 0 spiro atoms. The number of halogens is 1. The molecule has 1 N–H and O–H groups in total. The largest absolute Gasteiger partial charge is 0.457 e. The highest BCUT2D eigenvalue weighted by molar-refractivity contribution is 9.10. The third-order valence-electron chi connectivity index (χ3n) is 1.74. The van der Waals surface area contributed by atoms with E-state index in [2.05, 4.69) is 26.2 Å². The summed E-state index contributed by atoms with van der Waals surface area (Å²) in [6.07, 6.45) is 2.99. The molecule has 0 fully saturated rings. The average Bonchev–Trinajstić information content (AvgIpc) is 2.66. The van der Waals surface area contributed by atoms with Gasteiger partial charge in [-0.2, -0.15) is 0 Å². The van der Waals surface area contributed by atoms with E-state index in [0.717, 1.165) is 0 Å². The molecule has 0 aliphatic rings. The Kier molecular flexibility index (Phi) is 2.82. The second-order valence-corrected chi connectivity index (χ2v) is 3.59. The Morgan fingerprint density at radius 1 is 1.47 bits per heavy atom. The minimum absolute atomic E-state index is 0.247. The van der Waals surface area contributed by atoms with Crippen LogP contribution in [0.15, 0.2) is 45.8 Å². The molecule has 0 radical (unpaired) electrons. The highest BCUT2D eigenvalue weighted by atomic mass is 79.9. The van der Waals surface area contributed by atoms with Crippen molar-refractivity contribution in [2.75, 3.05) is 5.32 Å². The topological polar surface area (TPSA) is 55.1 Å². The molecule has 0 aliphatic heterocycles. The van der Waals surface area contributed by atoms with Crippen molar-refractivity contribution < 1.29 is 9.21 Å². The Morgan fingerprint density at radius 3 is 2.93 bits per heavy atom. The number of pyridine rings is 1. The predicted octanol–water partition coefficient (Wildman–Crippen LogP) is 2.69. The first kappa shape index (κ1) is 9.92. The molecule has 1 amide bonds. The van der Waals surface area contributed by atoms with Crippen LogP contribution in [-0.4, -0.2) is 10.9 Å². The van der Waals surface area contributed by atoms with E-state index in [4.69, 9.17) is 4.42 Å². The van der Waals surface area contributed by atoms with Crippen molar-refractivity contribution in [1.82, 2.24) is 4.98 Å². The highest BCUT2D eigenvalue weighted by Gasteiger charge is 2.09. The lowest BCUT2D eigenvalue weighted by Gasteiger charge is -2.00. The molecule has 0 aromatic carbocycles. The van der Waals surface area contributed by atoms with E-state index in [1.54, 1.807) is 30.5 Å². The zero-order valence-electron chi connectivity index (χ0n) is 7.61. The standard InChI is InChI=1S/C10H7BrN2O2/c11-8-5-7(6-15-8)10(14)13-9-3-1-2-4-12-9/h1-6H,(H,12,13,14). The lowest BCUT2D eigenvalue weighted by atomic mass is 10.3. The summed E-state index contributed by atoms with van der Waals surface area (Å²) in [6, 6.07) is 6.89. The van der Waals surface area contributed by atoms with Gasteiger partial charge in [-0.15, -0.1) is 0 Å². The van der Waals surface area contributed by atoms with Crippen LogP contribution in [0, 0.1) is 0 Å². The van der Waals surface area contributed by atoms with Gasteiger partial charge in [0.15, 0.2) is 4.67 Å². The summed E-state index contributed by atoms with van der Waals surface area (Å²) >= 11 is 3.12. The summed E-state index contributed by atoms with van der Waals surface area (Å²) in [5.74, 6) is 0.267. The summed E-state index contributed by atoms with van der Waals surface area (Å²) in [4.78, 5) is 15.6. The minimum Gasteiger partial charge on any atom is -0.457 e. The zero-order valence-corrected chi connectivity index (χ0v) is 9.19. The van der Waals surface area contributed by atoms with Crippen molar-refractivity contribution in [3.63, 3.8) is 0 Å². The molecule has 2 rings (SSSR count). The smallest absolute Gasteiger partial charge is 0.260 e. The van der Waals surface area contributed by atoms with Crippen molar-refractivity contribution in [2.24, 2.45) is 0 Å². The van der Waals surface area contributed by atoms with Crippen molar-refractivity contribution in [1.29, 1.82) is 0 Å². The lowest BCUT2D eigenvalue weighted by molar-refractivity contribution is 0.102. The number of amides is 1. The number of anilines is 1. The summed E-state index contributed by atoms with van der Waals surface area (Å²) in [7, 11) is 0. The van der Waals surface area contributed by atoms with Gasteiger partial charge in [-0.05, 0) is 28.1 Å². The molecule has 76 valence electrons. The van der Waals surface area contributed by atoms with Crippen LogP contribution in [0.5, 0.6) is 0 Å². The molecule has 15 heavy (non-hydrogen) atoms. The van der Waals surface area contributed by atoms with E-state index in [-0.39, 0.29) is 5.91 Å². The number of nitrogens with zero attached hydrogens (tertiary/aromatic N) is 1. The van der Waals surface area contributed by atoms with Gasteiger partial charge in [0.25, 0.3) is 5.91 Å². The van der Waals surface area contributed by atoms with Crippen molar-refractivity contribution in [3.05, 3.63) is 47.0 Å². The molecule has 2 aromatic heterocycles. The molecular weight excluding hydrogens is 260 g/mol. The van der Waals surface area contributed by atoms with Crippen LogP contribution in [0.4, 0.5) is 5.82 Å². The summed E-state index contributed by atoms with van der Waals surface area (Å²) < 4.78 is 5.48. The van der Waals surface area contributed by atoms with E-state index < -0.39 is 0 Å². The Bertz CT molecular complexity index is 467. The third kappa shape index (κ3) is 2.44. The highest BCUT2D eigenvalue weighted by Crippen LogP contribution is 2.15. The number of carbonyl (C=O) groups excluding carboxylic acids is 1. The van der Waals surface area contributed by atoms with Crippen molar-refractivity contribution in [3.8, 4) is 0 Å². The fraction of sp³-hybridized carbons (Fsp3) is 0. The van der Waals surface area contributed by atoms with Gasteiger partial charge >= 0.3 is 0 Å². The van der Waals surface area contributed by atoms with Crippen LogP contribution >= 0.6 is 15.9 Å². The SMILES string of the molecule is O=C(Nc1ccccn1)c1coc(Br)c1. The van der Waals surface area contributed by atoms with Crippen molar-refractivity contribution in [2.45, 2.75) is 0 Å². The molecule has 0 saturated heterocycles. The second kappa shape index (κ2) is 4.27. The number of furan rings is 1. The molecule has 2 heterocycles. The maximum absolute atomic E-state index is 11.6. The van der Waals surface area contributed by atoms with Gasteiger partial charge in [0.1, 0.15) is 12.1 Å². The van der Waals surface area contributed by atoms with Gasteiger partial charge < -0.3 is 9.73 Å². The van der Waals surface area contributed by atoms with Crippen molar-refractivity contribution >= 4 is 27.7 Å². The second-order valence-electron chi connectivity index (χ2n) is 2.81. The maximum Gasteiger partial charge on any atom is 0.260 e. The van der Waals surface area contributed by atoms with E-state index in [1.165, 1.54) is 6.26 Å². The first-order valence-electron chi connectivity index (χ1n) is 4.22. The van der Waals surface area contributed by atoms with Gasteiger partial charge in [-0.25, -0.2) is 4.98 Å². The maximum atomic E-state index is 11.6. The fourth-order valence-electron chi connectivity index (χ4n) is 1.05. The molecule has 5 heteroatoms. The Balaban J connectivity index is 2.11. The monoisotopic (exact) mass is 266 g/mol. The quantitative estimate of drug-likeness (QED) is 0.910. The number of rotatable bonds is 2. The Hall–Kier alpha value is -1.62. The normalized spacial score (nSPS) is 9.93. The van der Waals surface area contributed by atoms with Crippen LogP contribution in [-0.2, 0) is 0 Å². The first-order chi connectivity index (χ1) is 7.25. The zero-order chi connectivity index (χ0) is 10.7. The molecule has 0 bridgehead atoms. The number of aromatic nitrogens is 1. The van der Waals surface area contributed by atoms with Gasteiger partial charge in [-0.3, -0.25) is 4.79 Å². The van der Waals surface area contributed by atoms with Gasteiger partial charge in [0.05, 0.1) is 5.56 Å². The molecule has 4 nitrogen and oxygen atoms in total. The van der Waals surface area contributed by atoms with Gasteiger partial charge in [0.2, 0.25) is 0 Å². The van der Waals surface area contributed by atoms with E-state index in [0.29, 0.717) is 16.1 Å². The van der Waals surface area contributed by atoms with Gasteiger partial charge in [-0.1, -0.05) is 6.07 Å². The van der Waals surface area contributed by atoms with Gasteiger partial charge in [0, 0.05) is 12.3 Å². The number of hydrogen-bond donors (Lipinski definition) is 1. The summed E-state index contributed by atoms with van der Waals surface area (Å²) in [5, 5.41) is 2.64. The minimum atomic E-state index is -0.247. The van der Waals surface area contributed by atoms with E-state index >= 15 is 0 Å². The lowest BCUT2D eigenvalue weighted by Crippen LogP contribution is -2.11. The number of nitrogens with one attached hydrogen (secondary N) is 1. The molecular formula is C10H7BrN2O2. The fourth-order valence-corrected chi connectivity index (χ4v) is 1.39. The molecule has 0 atom stereocenters. The van der Waals surface area contributed by atoms with E-state index in [9.17, 15) is 4.79 Å². The molecule has 2 aromatic rings. The third-order valence-corrected chi connectivity index (χ3v) is 2.15. The Labute approximate surface area is 94.4 Å². The number of hydrogen-bond acceptors (Lipinski definition) is 3. The summed E-state index contributed by atoms with van der Waals surface area (Å²) in [6.45, 7) is 0. The Morgan fingerprint density at radius 2 is 2.33 bits per heavy atom. The predicted molar refractivity (Wildman–Crippen MR) is 58.6 cm³/mol. The average molecular weight is 267 g/mol.